The second-order valence-electron chi connectivity index (χ2n) is 7.74. The van der Waals surface area contributed by atoms with Gasteiger partial charge in [0.25, 0.3) is 0 Å². The highest BCUT2D eigenvalue weighted by Gasteiger charge is 2.39. The fraction of sp³-hybridized carbons (Fsp3) is 0.600. The molecule has 4 rings (SSSR count). The molecule has 2 aliphatic carbocycles. The molecular formula is C20H25N5O. The first-order valence-corrected chi connectivity index (χ1v) is 9.57. The second-order valence-corrected chi connectivity index (χ2v) is 7.74. The van der Waals surface area contributed by atoms with E-state index < -0.39 is 5.41 Å². The van der Waals surface area contributed by atoms with Crippen LogP contribution in [0.15, 0.2) is 28.9 Å². The lowest BCUT2D eigenvalue weighted by molar-refractivity contribution is 0.271. The number of pyridine rings is 1. The molecule has 0 aromatic carbocycles. The zero-order chi connectivity index (χ0) is 18.0. The van der Waals surface area contributed by atoms with Gasteiger partial charge in [-0.3, -0.25) is 4.98 Å². The van der Waals surface area contributed by atoms with Gasteiger partial charge in [-0.25, -0.2) is 0 Å². The Morgan fingerprint density at radius 1 is 1.19 bits per heavy atom. The van der Waals surface area contributed by atoms with E-state index in [0.29, 0.717) is 23.8 Å². The van der Waals surface area contributed by atoms with Crippen molar-refractivity contribution in [1.82, 2.24) is 20.4 Å². The van der Waals surface area contributed by atoms with Crippen LogP contribution in [0.2, 0.25) is 0 Å². The third-order valence-electron chi connectivity index (χ3n) is 6.00. The number of aryl methyl sites for hydroxylation is 1. The van der Waals surface area contributed by atoms with E-state index in [1.54, 1.807) is 6.20 Å². The largest absolute Gasteiger partial charge is 0.339 e. The van der Waals surface area contributed by atoms with Crippen LogP contribution in [0.4, 0.5) is 0 Å². The summed E-state index contributed by atoms with van der Waals surface area (Å²) in [4.78, 5) is 8.84. The second kappa shape index (κ2) is 7.16. The van der Waals surface area contributed by atoms with Crippen molar-refractivity contribution >= 4 is 0 Å². The van der Waals surface area contributed by atoms with Gasteiger partial charge in [-0.1, -0.05) is 11.2 Å². The van der Waals surface area contributed by atoms with Crippen LogP contribution in [0.3, 0.4) is 0 Å². The Morgan fingerprint density at radius 3 is 2.69 bits per heavy atom. The molecular weight excluding hydrogens is 326 g/mol. The van der Waals surface area contributed by atoms with Gasteiger partial charge in [0.2, 0.25) is 5.89 Å². The molecule has 1 N–H and O–H groups in total. The lowest BCUT2D eigenvalue weighted by Gasteiger charge is -2.36. The van der Waals surface area contributed by atoms with Gasteiger partial charge in [0.1, 0.15) is 0 Å². The van der Waals surface area contributed by atoms with Gasteiger partial charge in [-0.15, -0.1) is 0 Å². The number of rotatable bonds is 4. The average molecular weight is 351 g/mol. The van der Waals surface area contributed by atoms with Gasteiger partial charge < -0.3 is 9.84 Å². The van der Waals surface area contributed by atoms with Gasteiger partial charge in [0.15, 0.2) is 5.82 Å². The van der Waals surface area contributed by atoms with Crippen molar-refractivity contribution in [3.05, 3.63) is 41.8 Å². The fourth-order valence-corrected chi connectivity index (χ4v) is 4.52. The normalized spacial score (nSPS) is 31.6. The molecule has 0 spiro atoms. The molecule has 2 atom stereocenters. The van der Waals surface area contributed by atoms with Crippen molar-refractivity contribution in [2.75, 3.05) is 0 Å². The summed E-state index contributed by atoms with van der Waals surface area (Å²) in [5, 5.41) is 17.5. The fourth-order valence-electron chi connectivity index (χ4n) is 4.52. The van der Waals surface area contributed by atoms with Gasteiger partial charge in [0.05, 0.1) is 17.2 Å². The minimum Gasteiger partial charge on any atom is -0.339 e. The molecule has 0 aliphatic heterocycles. The summed E-state index contributed by atoms with van der Waals surface area (Å²) in [6, 6.07) is 9.42. The third kappa shape index (κ3) is 3.36. The van der Waals surface area contributed by atoms with Gasteiger partial charge >= 0.3 is 0 Å². The zero-order valence-electron chi connectivity index (χ0n) is 15.2. The molecule has 2 aromatic rings. The molecule has 0 bridgehead atoms. The summed E-state index contributed by atoms with van der Waals surface area (Å²) < 4.78 is 5.35. The van der Waals surface area contributed by atoms with Crippen LogP contribution in [0.5, 0.6) is 0 Å². The average Bonchev–Trinajstić information content (AvgIpc) is 3.32. The van der Waals surface area contributed by atoms with E-state index in [4.69, 9.17) is 4.52 Å². The first-order chi connectivity index (χ1) is 12.7. The molecule has 0 amide bonds. The van der Waals surface area contributed by atoms with Crippen molar-refractivity contribution < 1.29 is 4.52 Å². The van der Waals surface area contributed by atoms with Crippen molar-refractivity contribution in [3.8, 4) is 6.07 Å². The summed E-state index contributed by atoms with van der Waals surface area (Å²) in [6.45, 7) is 1.86. The zero-order valence-corrected chi connectivity index (χ0v) is 15.2. The van der Waals surface area contributed by atoms with Gasteiger partial charge in [0, 0.05) is 24.2 Å². The Hall–Kier alpha value is -2.26. The quantitative estimate of drug-likeness (QED) is 0.908. The minimum absolute atomic E-state index is 0.379. The van der Waals surface area contributed by atoms with Crippen molar-refractivity contribution in [2.24, 2.45) is 0 Å². The molecule has 2 saturated carbocycles. The molecule has 2 heterocycles. The summed E-state index contributed by atoms with van der Waals surface area (Å²) in [5.41, 5.74) is 0.507. The maximum atomic E-state index is 9.79. The molecule has 0 saturated heterocycles. The molecule has 136 valence electrons. The highest BCUT2D eigenvalue weighted by Crippen LogP contribution is 2.39. The van der Waals surface area contributed by atoms with Crippen molar-refractivity contribution in [2.45, 2.75) is 75.3 Å². The van der Waals surface area contributed by atoms with E-state index in [0.717, 1.165) is 56.5 Å². The number of aromatic nitrogens is 3. The number of nitriles is 1. The Kier molecular flexibility index (Phi) is 4.73. The maximum absolute atomic E-state index is 9.79. The van der Waals surface area contributed by atoms with Crippen molar-refractivity contribution in [3.63, 3.8) is 0 Å². The van der Waals surface area contributed by atoms with Crippen LogP contribution >= 0.6 is 0 Å². The topological polar surface area (TPSA) is 87.6 Å². The van der Waals surface area contributed by atoms with Crippen LogP contribution < -0.4 is 5.32 Å². The standard InChI is InChI=1S/C20H25N5O/c1-14-23-19(26-25-14)15-5-6-17(12-15)24-16-7-9-20(13-21,10-8-16)18-4-2-3-11-22-18/h2-4,11,15-17,24H,5-10,12H2,1H3/t15-,16?,17+,20?/m0/s1. The number of nitrogens with one attached hydrogen (secondary N) is 1. The first kappa shape index (κ1) is 17.2. The number of hydrogen-bond acceptors (Lipinski definition) is 6. The smallest absolute Gasteiger partial charge is 0.229 e. The Morgan fingerprint density at radius 2 is 2.04 bits per heavy atom. The summed E-state index contributed by atoms with van der Waals surface area (Å²) in [6.07, 6.45) is 8.87. The van der Waals surface area contributed by atoms with Gasteiger partial charge in [-0.2, -0.15) is 10.2 Å². The third-order valence-corrected chi connectivity index (χ3v) is 6.00. The molecule has 2 aliphatic rings. The molecule has 2 fully saturated rings. The predicted molar refractivity (Wildman–Crippen MR) is 96.3 cm³/mol. The summed E-state index contributed by atoms with van der Waals surface area (Å²) in [7, 11) is 0. The minimum atomic E-state index is -0.418. The molecule has 6 nitrogen and oxygen atoms in total. The maximum Gasteiger partial charge on any atom is 0.229 e. The lowest BCUT2D eigenvalue weighted by atomic mass is 9.71. The SMILES string of the molecule is Cc1noc([C@H]2CC[C@@H](NC3CCC(C#N)(c4ccccn4)CC3)C2)n1. The van der Waals surface area contributed by atoms with Gasteiger partial charge in [-0.05, 0) is 64.0 Å². The van der Waals surface area contributed by atoms with E-state index in [1.165, 1.54) is 0 Å². The summed E-state index contributed by atoms with van der Waals surface area (Å²) in [5.74, 6) is 1.88. The Bertz CT molecular complexity index is 773. The van der Waals surface area contributed by atoms with Crippen LogP contribution in [0.1, 0.15) is 68.3 Å². The van der Waals surface area contributed by atoms with E-state index in [-0.39, 0.29) is 0 Å². The molecule has 0 unspecified atom stereocenters. The van der Waals surface area contributed by atoms with E-state index in [1.807, 2.05) is 25.1 Å². The van der Waals surface area contributed by atoms with Crippen LogP contribution in [-0.4, -0.2) is 27.2 Å². The predicted octanol–water partition coefficient (Wildman–Crippen LogP) is 3.40. The molecule has 26 heavy (non-hydrogen) atoms. The van der Waals surface area contributed by atoms with E-state index in [2.05, 4.69) is 26.5 Å². The van der Waals surface area contributed by atoms with E-state index in [9.17, 15) is 5.26 Å². The Labute approximate surface area is 154 Å². The highest BCUT2D eigenvalue weighted by atomic mass is 16.5. The van der Waals surface area contributed by atoms with Crippen LogP contribution in [0, 0.1) is 18.3 Å². The monoisotopic (exact) mass is 351 g/mol. The summed E-state index contributed by atoms with van der Waals surface area (Å²) >= 11 is 0. The highest BCUT2D eigenvalue weighted by molar-refractivity contribution is 5.27. The first-order valence-electron chi connectivity index (χ1n) is 9.57. The number of hydrogen-bond donors (Lipinski definition) is 1. The van der Waals surface area contributed by atoms with Crippen LogP contribution in [0.25, 0.3) is 0 Å². The van der Waals surface area contributed by atoms with E-state index >= 15 is 0 Å². The lowest BCUT2D eigenvalue weighted by Crippen LogP contribution is -2.43. The van der Waals surface area contributed by atoms with Crippen molar-refractivity contribution in [1.29, 1.82) is 5.26 Å². The molecule has 0 radical (unpaired) electrons. The van der Waals surface area contributed by atoms with Crippen LogP contribution in [-0.2, 0) is 5.41 Å². The Balaban J connectivity index is 1.32. The molecule has 2 aromatic heterocycles. The number of nitrogens with zero attached hydrogens (tertiary/aromatic N) is 4. The molecule has 6 heteroatoms.